The Kier molecular flexibility index (Phi) is 12.7. The average Bonchev–Trinajstić information content (AvgIpc) is 2.96. The van der Waals surface area contributed by atoms with Crippen molar-refractivity contribution in [3.05, 3.63) is 72.4 Å². The van der Waals surface area contributed by atoms with Crippen LogP contribution in [0.25, 0.3) is 22.3 Å². The van der Waals surface area contributed by atoms with Crippen molar-refractivity contribution < 1.29 is 32.5 Å². The summed E-state index contributed by atoms with van der Waals surface area (Å²) in [6.07, 6.45) is 1.19. The molecule has 3 aromatic rings. The van der Waals surface area contributed by atoms with Crippen LogP contribution in [-0.4, -0.2) is 41.6 Å². The van der Waals surface area contributed by atoms with Gasteiger partial charge in [-0.1, -0.05) is 74.7 Å². The predicted octanol–water partition coefficient (Wildman–Crippen LogP) is 9.07. The molecule has 8 heteroatoms. The van der Waals surface area contributed by atoms with Crippen molar-refractivity contribution in [1.82, 2.24) is 4.98 Å². The highest BCUT2D eigenvalue weighted by molar-refractivity contribution is 5.83. The maximum absolute atomic E-state index is 13.0. The van der Waals surface area contributed by atoms with Crippen LogP contribution in [0.2, 0.25) is 0 Å². The summed E-state index contributed by atoms with van der Waals surface area (Å²) >= 11 is 0. The summed E-state index contributed by atoms with van der Waals surface area (Å²) in [6, 6.07) is 19.8. The standard InChI is InChI=1S/C33H40F3NO4/c1-3-4-5-9-20-41-31-18-16-28(23-37-31)30-22-27(15-17-29(30)26-11-7-6-8-12-26)25(13-10-14-32(38)39)19-21-40-24(2)33(34,35)36/h6-8,11-12,15-18,22-25H,3-5,9-10,13-14,19-21H2,1-2H3,(H,38,39). The van der Waals surface area contributed by atoms with Gasteiger partial charge < -0.3 is 14.6 Å². The lowest BCUT2D eigenvalue weighted by Gasteiger charge is -2.22. The largest absolute Gasteiger partial charge is 0.481 e. The van der Waals surface area contributed by atoms with Crippen LogP contribution >= 0.6 is 0 Å². The monoisotopic (exact) mass is 571 g/mol. The quantitative estimate of drug-likeness (QED) is 0.164. The van der Waals surface area contributed by atoms with Crippen LogP contribution in [0.1, 0.15) is 76.7 Å². The molecular weight excluding hydrogens is 531 g/mol. The van der Waals surface area contributed by atoms with E-state index >= 15 is 0 Å². The molecule has 0 fully saturated rings. The van der Waals surface area contributed by atoms with E-state index in [-0.39, 0.29) is 18.9 Å². The molecule has 1 aromatic heterocycles. The van der Waals surface area contributed by atoms with Gasteiger partial charge in [0, 0.05) is 30.9 Å². The molecule has 0 bridgehead atoms. The second-order valence-corrected chi connectivity index (χ2v) is 10.3. The van der Waals surface area contributed by atoms with Crippen molar-refractivity contribution in [2.75, 3.05) is 13.2 Å². The van der Waals surface area contributed by atoms with Gasteiger partial charge in [0.15, 0.2) is 6.10 Å². The molecule has 2 unspecified atom stereocenters. The molecule has 0 spiro atoms. The fourth-order valence-corrected chi connectivity index (χ4v) is 4.71. The fraction of sp³-hybridized carbons (Fsp3) is 0.455. The second kappa shape index (κ2) is 16.2. The van der Waals surface area contributed by atoms with Crippen LogP contribution in [0.4, 0.5) is 13.2 Å². The van der Waals surface area contributed by atoms with Gasteiger partial charge in [0.25, 0.3) is 0 Å². The summed E-state index contributed by atoms with van der Waals surface area (Å²) in [6.45, 7) is 3.70. The molecule has 2 atom stereocenters. The molecule has 222 valence electrons. The van der Waals surface area contributed by atoms with Crippen LogP contribution in [0, 0.1) is 0 Å². The van der Waals surface area contributed by atoms with Crippen LogP contribution in [0.15, 0.2) is 66.9 Å². The van der Waals surface area contributed by atoms with E-state index in [9.17, 15) is 18.0 Å². The minimum Gasteiger partial charge on any atom is -0.481 e. The smallest absolute Gasteiger partial charge is 0.414 e. The number of rotatable bonds is 17. The van der Waals surface area contributed by atoms with E-state index < -0.39 is 18.2 Å². The van der Waals surface area contributed by atoms with Crippen molar-refractivity contribution in [1.29, 1.82) is 0 Å². The third-order valence-electron chi connectivity index (χ3n) is 7.13. The molecule has 1 N–H and O–H groups in total. The van der Waals surface area contributed by atoms with Crippen LogP contribution in [0.3, 0.4) is 0 Å². The number of carboxylic acid groups (broad SMARTS) is 1. The van der Waals surface area contributed by atoms with Gasteiger partial charge in [-0.25, -0.2) is 4.98 Å². The van der Waals surface area contributed by atoms with Crippen LogP contribution < -0.4 is 4.74 Å². The van der Waals surface area contributed by atoms with Crippen LogP contribution in [-0.2, 0) is 9.53 Å². The lowest BCUT2D eigenvalue weighted by atomic mass is 9.86. The highest BCUT2D eigenvalue weighted by Crippen LogP contribution is 2.37. The number of halogens is 3. The number of benzene rings is 2. The van der Waals surface area contributed by atoms with Crippen LogP contribution in [0.5, 0.6) is 5.88 Å². The molecule has 0 amide bonds. The lowest BCUT2D eigenvalue weighted by Crippen LogP contribution is -2.29. The Bertz CT molecular complexity index is 1200. The number of nitrogens with zero attached hydrogens (tertiary/aromatic N) is 1. The second-order valence-electron chi connectivity index (χ2n) is 10.3. The third kappa shape index (κ3) is 10.5. The van der Waals surface area contributed by atoms with Crippen molar-refractivity contribution in [2.45, 2.75) is 83.4 Å². The Labute approximate surface area is 240 Å². The summed E-state index contributed by atoms with van der Waals surface area (Å²) in [5.74, 6) is -0.508. The number of hydrogen-bond donors (Lipinski definition) is 1. The van der Waals surface area contributed by atoms with Crippen molar-refractivity contribution in [3.63, 3.8) is 0 Å². The predicted molar refractivity (Wildman–Crippen MR) is 155 cm³/mol. The molecule has 0 radical (unpaired) electrons. The molecule has 3 rings (SSSR count). The number of ether oxygens (including phenoxy) is 2. The molecule has 0 aliphatic heterocycles. The zero-order valence-corrected chi connectivity index (χ0v) is 23.8. The molecule has 0 aliphatic rings. The van der Waals surface area contributed by atoms with Gasteiger partial charge in [0.1, 0.15) is 0 Å². The number of unbranched alkanes of at least 4 members (excludes halogenated alkanes) is 3. The third-order valence-corrected chi connectivity index (χ3v) is 7.13. The molecule has 41 heavy (non-hydrogen) atoms. The average molecular weight is 572 g/mol. The van der Waals surface area contributed by atoms with Gasteiger partial charge in [0.05, 0.1) is 6.61 Å². The van der Waals surface area contributed by atoms with Gasteiger partial charge in [-0.2, -0.15) is 13.2 Å². The first-order valence-corrected chi connectivity index (χ1v) is 14.4. The Hall–Kier alpha value is -3.39. The Morgan fingerprint density at radius 2 is 1.68 bits per heavy atom. The summed E-state index contributed by atoms with van der Waals surface area (Å²) in [5.41, 5.74) is 4.76. The topological polar surface area (TPSA) is 68.7 Å². The summed E-state index contributed by atoms with van der Waals surface area (Å²) in [5, 5.41) is 9.14. The molecule has 0 aliphatic carbocycles. The number of aromatic nitrogens is 1. The highest BCUT2D eigenvalue weighted by Gasteiger charge is 2.36. The minimum absolute atomic E-state index is 0.00487. The Morgan fingerprint density at radius 1 is 0.902 bits per heavy atom. The minimum atomic E-state index is -4.43. The lowest BCUT2D eigenvalue weighted by molar-refractivity contribution is -0.214. The van der Waals surface area contributed by atoms with Gasteiger partial charge in [-0.05, 0) is 66.8 Å². The number of hydrogen-bond acceptors (Lipinski definition) is 4. The molecule has 5 nitrogen and oxygen atoms in total. The number of carboxylic acids is 1. The maximum atomic E-state index is 13.0. The number of carbonyl (C=O) groups is 1. The van der Waals surface area contributed by atoms with Crippen molar-refractivity contribution in [2.24, 2.45) is 0 Å². The van der Waals surface area contributed by atoms with E-state index in [1.807, 2.05) is 60.7 Å². The summed E-state index contributed by atoms with van der Waals surface area (Å²) in [7, 11) is 0. The number of pyridine rings is 1. The van der Waals surface area contributed by atoms with E-state index in [4.69, 9.17) is 14.6 Å². The van der Waals surface area contributed by atoms with E-state index in [0.717, 1.165) is 54.0 Å². The van der Waals surface area contributed by atoms with E-state index in [1.54, 1.807) is 6.20 Å². The zero-order valence-electron chi connectivity index (χ0n) is 23.8. The van der Waals surface area contributed by atoms with E-state index in [1.165, 1.54) is 6.42 Å². The normalized spacial score (nSPS) is 13.1. The van der Waals surface area contributed by atoms with Gasteiger partial charge in [-0.3, -0.25) is 4.79 Å². The summed E-state index contributed by atoms with van der Waals surface area (Å²) in [4.78, 5) is 15.7. The van der Waals surface area contributed by atoms with Crippen molar-refractivity contribution in [3.8, 4) is 28.1 Å². The molecule has 0 saturated heterocycles. The molecular formula is C33H40F3NO4. The zero-order chi connectivity index (χ0) is 29.7. The van der Waals surface area contributed by atoms with Gasteiger partial charge >= 0.3 is 12.1 Å². The first-order chi connectivity index (χ1) is 19.7. The highest BCUT2D eigenvalue weighted by atomic mass is 19.4. The molecule has 2 aromatic carbocycles. The van der Waals surface area contributed by atoms with E-state index in [0.29, 0.717) is 31.7 Å². The first-order valence-electron chi connectivity index (χ1n) is 14.4. The van der Waals surface area contributed by atoms with Gasteiger partial charge in [0.2, 0.25) is 5.88 Å². The SMILES string of the molecule is CCCCCCOc1ccc(-c2cc(C(CCCC(=O)O)CCOC(C)C(F)(F)F)ccc2-c2ccccc2)cn1. The Balaban J connectivity index is 1.88. The maximum Gasteiger partial charge on any atom is 0.414 e. The van der Waals surface area contributed by atoms with E-state index in [2.05, 4.69) is 11.9 Å². The van der Waals surface area contributed by atoms with Crippen molar-refractivity contribution >= 4 is 5.97 Å². The van der Waals surface area contributed by atoms with Gasteiger partial charge in [-0.15, -0.1) is 0 Å². The Morgan fingerprint density at radius 3 is 2.34 bits per heavy atom. The number of alkyl halides is 3. The summed E-state index contributed by atoms with van der Waals surface area (Å²) < 4.78 is 49.8. The molecule has 1 heterocycles. The fourth-order valence-electron chi connectivity index (χ4n) is 4.71. The number of aliphatic carboxylic acids is 1. The molecule has 0 saturated carbocycles. The first kappa shape index (κ1) is 32.1.